The van der Waals surface area contributed by atoms with Gasteiger partial charge in [-0.1, -0.05) is 78.3 Å². The van der Waals surface area contributed by atoms with E-state index >= 15 is 0 Å². The van der Waals surface area contributed by atoms with Gasteiger partial charge in [0.2, 0.25) is 0 Å². The highest BCUT2D eigenvalue weighted by atomic mass is 35.5. The van der Waals surface area contributed by atoms with Gasteiger partial charge in [0.25, 0.3) is 5.56 Å². The van der Waals surface area contributed by atoms with Crippen LogP contribution in [0.1, 0.15) is 39.8 Å². The van der Waals surface area contributed by atoms with Crippen LogP contribution in [0.25, 0.3) is 0 Å². The Kier molecular flexibility index (Phi) is 6.31. The molecule has 3 aromatic carbocycles. The quantitative estimate of drug-likeness (QED) is 0.382. The molecule has 4 nitrogen and oxygen atoms in total. The first-order valence-electron chi connectivity index (χ1n) is 11.4. The van der Waals surface area contributed by atoms with Gasteiger partial charge in [-0.05, 0) is 35.7 Å². The fraction of sp³-hybridized carbons (Fsp3) is 0.214. The fourth-order valence-corrected chi connectivity index (χ4v) is 4.96. The van der Waals surface area contributed by atoms with Crippen molar-refractivity contribution in [3.05, 3.63) is 134 Å². The van der Waals surface area contributed by atoms with Gasteiger partial charge in [-0.3, -0.25) is 14.3 Å². The number of aryl methyl sites for hydroxylation is 1. The molecule has 0 saturated carbocycles. The van der Waals surface area contributed by atoms with E-state index in [-0.39, 0.29) is 16.6 Å². The molecule has 172 valence electrons. The monoisotopic (exact) mass is 473 g/mol. The third kappa shape index (κ3) is 4.41. The van der Waals surface area contributed by atoms with Gasteiger partial charge in [0, 0.05) is 26.1 Å². The summed E-state index contributed by atoms with van der Waals surface area (Å²) >= 11 is 5.97. The van der Waals surface area contributed by atoms with Crippen molar-refractivity contribution in [1.29, 1.82) is 0 Å². The van der Waals surface area contributed by atoms with E-state index in [9.17, 15) is 9.18 Å². The number of benzene rings is 3. The molecule has 0 N–H and O–H groups in total. The zero-order valence-corrected chi connectivity index (χ0v) is 19.7. The van der Waals surface area contributed by atoms with E-state index in [1.807, 2.05) is 72.2 Å². The highest BCUT2D eigenvalue weighted by Gasteiger charge is 2.27. The Labute approximate surface area is 203 Å². The number of hydrogen-bond acceptors (Lipinski definition) is 3. The average Bonchev–Trinajstić information content (AvgIpc) is 2.85. The second-order valence-electron chi connectivity index (χ2n) is 8.69. The Bertz CT molecular complexity index is 1330. The van der Waals surface area contributed by atoms with E-state index in [1.54, 1.807) is 12.1 Å². The van der Waals surface area contributed by atoms with Crippen LogP contribution in [-0.4, -0.2) is 21.0 Å². The number of fused-ring (bicyclic) bond motifs is 1. The van der Waals surface area contributed by atoms with E-state index in [0.717, 1.165) is 34.5 Å². The lowest BCUT2D eigenvalue weighted by molar-refractivity contribution is 0.240. The number of hydrogen-bond donors (Lipinski definition) is 0. The van der Waals surface area contributed by atoms with E-state index in [4.69, 9.17) is 16.6 Å². The molecular formula is C28H25ClFN3O. The summed E-state index contributed by atoms with van der Waals surface area (Å²) in [5.74, 6) is 0.282. The minimum Gasteiger partial charge on any atom is -0.294 e. The van der Waals surface area contributed by atoms with Gasteiger partial charge in [-0.25, -0.2) is 9.37 Å². The number of halogens is 2. The largest absolute Gasteiger partial charge is 0.294 e. The van der Waals surface area contributed by atoms with Gasteiger partial charge in [-0.2, -0.15) is 0 Å². The summed E-state index contributed by atoms with van der Waals surface area (Å²) in [6.07, 6.45) is 0.697. The number of nitrogens with zero attached hydrogens (tertiary/aromatic N) is 3. The summed E-state index contributed by atoms with van der Waals surface area (Å²) < 4.78 is 15.4. The minimum absolute atomic E-state index is 0.0120. The van der Waals surface area contributed by atoms with Gasteiger partial charge in [-0.15, -0.1) is 0 Å². The van der Waals surface area contributed by atoms with Gasteiger partial charge in [0.05, 0.1) is 22.3 Å². The summed E-state index contributed by atoms with van der Waals surface area (Å²) in [7, 11) is 0. The molecule has 6 heteroatoms. The molecule has 0 fully saturated rings. The van der Waals surface area contributed by atoms with Crippen molar-refractivity contribution in [1.82, 2.24) is 14.5 Å². The number of aromatic nitrogens is 2. The third-order valence-electron chi connectivity index (χ3n) is 6.40. The summed E-state index contributed by atoms with van der Waals surface area (Å²) in [6, 6.07) is 24.6. The minimum atomic E-state index is -0.426. The number of rotatable bonds is 5. The average molecular weight is 474 g/mol. The second kappa shape index (κ2) is 9.53. The molecule has 1 aliphatic heterocycles. The lowest BCUT2D eigenvalue weighted by Crippen LogP contribution is -2.40. The third-order valence-corrected chi connectivity index (χ3v) is 6.69. The molecule has 0 spiro atoms. The first-order valence-corrected chi connectivity index (χ1v) is 11.8. The Morgan fingerprint density at radius 1 is 1.00 bits per heavy atom. The molecule has 34 heavy (non-hydrogen) atoms. The first kappa shape index (κ1) is 22.5. The molecule has 0 aliphatic carbocycles. The van der Waals surface area contributed by atoms with Crippen LogP contribution in [0.4, 0.5) is 4.39 Å². The van der Waals surface area contributed by atoms with Crippen LogP contribution in [0.15, 0.2) is 83.7 Å². The lowest BCUT2D eigenvalue weighted by Gasteiger charge is -2.30. The Morgan fingerprint density at radius 2 is 1.65 bits per heavy atom. The molecule has 1 aliphatic rings. The van der Waals surface area contributed by atoms with Crippen LogP contribution < -0.4 is 5.56 Å². The molecule has 2 heterocycles. The van der Waals surface area contributed by atoms with Crippen LogP contribution in [0.2, 0.25) is 5.02 Å². The summed E-state index contributed by atoms with van der Waals surface area (Å²) in [5, 5.41) is 0.114. The molecule has 0 saturated heterocycles. The standard InChI is InChI=1S/C28H25ClFN3O/c1-19-31-26-14-15-32(17-20-12-13-25(30)24(29)16-20)18-23(26)28(34)33(19)27(21-8-4-2-5-9-21)22-10-6-3-7-11-22/h2-13,16,27H,14-15,17-18H2,1H3. The van der Waals surface area contributed by atoms with Crippen LogP contribution >= 0.6 is 11.6 Å². The first-order chi connectivity index (χ1) is 16.5. The van der Waals surface area contributed by atoms with Crippen LogP contribution in [0, 0.1) is 12.7 Å². The van der Waals surface area contributed by atoms with E-state index < -0.39 is 5.82 Å². The van der Waals surface area contributed by atoms with Gasteiger partial charge >= 0.3 is 0 Å². The highest BCUT2D eigenvalue weighted by Crippen LogP contribution is 2.28. The van der Waals surface area contributed by atoms with Crippen molar-refractivity contribution in [3.8, 4) is 0 Å². The predicted molar refractivity (Wildman–Crippen MR) is 133 cm³/mol. The van der Waals surface area contributed by atoms with Gasteiger partial charge < -0.3 is 0 Å². The molecule has 1 aromatic heterocycles. The summed E-state index contributed by atoms with van der Waals surface area (Å²) in [4.78, 5) is 21.0. The maximum Gasteiger partial charge on any atom is 0.259 e. The van der Waals surface area contributed by atoms with Gasteiger partial charge in [0.1, 0.15) is 11.6 Å². The maximum atomic E-state index is 13.9. The van der Waals surface area contributed by atoms with Crippen molar-refractivity contribution < 1.29 is 4.39 Å². The Morgan fingerprint density at radius 3 is 2.26 bits per heavy atom. The second-order valence-corrected chi connectivity index (χ2v) is 9.10. The van der Waals surface area contributed by atoms with Gasteiger partial charge in [0.15, 0.2) is 0 Å². The van der Waals surface area contributed by atoms with Crippen molar-refractivity contribution >= 4 is 11.6 Å². The van der Waals surface area contributed by atoms with Crippen molar-refractivity contribution in [2.45, 2.75) is 32.5 Å². The lowest BCUT2D eigenvalue weighted by atomic mass is 9.97. The zero-order chi connectivity index (χ0) is 23.7. The van der Waals surface area contributed by atoms with E-state index in [1.165, 1.54) is 6.07 Å². The molecule has 0 radical (unpaired) electrons. The predicted octanol–water partition coefficient (Wildman–Crippen LogP) is 5.54. The topological polar surface area (TPSA) is 38.1 Å². The van der Waals surface area contributed by atoms with Crippen molar-refractivity contribution in [2.24, 2.45) is 0 Å². The molecule has 0 amide bonds. The van der Waals surface area contributed by atoms with Crippen LogP contribution in [-0.2, 0) is 19.5 Å². The fourth-order valence-electron chi connectivity index (χ4n) is 4.76. The Hall–Kier alpha value is -3.28. The summed E-state index contributed by atoms with van der Waals surface area (Å²) in [5.41, 5.74) is 4.57. The molecule has 0 unspecified atom stereocenters. The van der Waals surface area contributed by atoms with Crippen molar-refractivity contribution in [2.75, 3.05) is 6.54 Å². The SMILES string of the molecule is Cc1nc2c(c(=O)n1C(c1ccccc1)c1ccccc1)CN(Cc1ccc(F)c(Cl)c1)CC2. The zero-order valence-electron chi connectivity index (χ0n) is 18.9. The maximum absolute atomic E-state index is 13.9. The highest BCUT2D eigenvalue weighted by molar-refractivity contribution is 6.30. The van der Waals surface area contributed by atoms with Crippen LogP contribution in [0.5, 0.6) is 0 Å². The van der Waals surface area contributed by atoms with E-state index in [0.29, 0.717) is 25.3 Å². The summed E-state index contributed by atoms with van der Waals surface area (Å²) in [6.45, 7) is 3.77. The van der Waals surface area contributed by atoms with E-state index in [2.05, 4.69) is 4.90 Å². The molecule has 4 aromatic rings. The molecular weight excluding hydrogens is 449 g/mol. The molecule has 0 atom stereocenters. The van der Waals surface area contributed by atoms with Crippen molar-refractivity contribution in [3.63, 3.8) is 0 Å². The normalized spacial score (nSPS) is 13.8. The smallest absolute Gasteiger partial charge is 0.259 e. The van der Waals surface area contributed by atoms with Crippen LogP contribution in [0.3, 0.4) is 0 Å². The molecule has 5 rings (SSSR count). The molecule has 0 bridgehead atoms. The Balaban J connectivity index is 1.54.